The smallest absolute Gasteiger partial charge is 0.408 e. The summed E-state index contributed by atoms with van der Waals surface area (Å²) in [7, 11) is 1.22. The molecule has 1 aromatic rings. The van der Waals surface area contributed by atoms with E-state index in [1.54, 1.807) is 45.0 Å². The number of thioether (sulfide) groups is 1. The van der Waals surface area contributed by atoms with Gasteiger partial charge in [-0.05, 0) is 63.3 Å². The van der Waals surface area contributed by atoms with E-state index in [9.17, 15) is 19.2 Å². The van der Waals surface area contributed by atoms with Crippen LogP contribution in [-0.2, 0) is 23.9 Å². The highest BCUT2D eigenvalue weighted by molar-refractivity contribution is 7.98. The maximum Gasteiger partial charge on any atom is 0.408 e. The molecule has 0 aliphatic heterocycles. The van der Waals surface area contributed by atoms with Crippen molar-refractivity contribution >= 4 is 35.6 Å². The van der Waals surface area contributed by atoms with Gasteiger partial charge in [-0.15, -0.1) is 6.42 Å². The molecule has 36 heavy (non-hydrogen) atoms. The Morgan fingerprint density at radius 3 is 2.31 bits per heavy atom. The molecule has 9 nitrogen and oxygen atoms in total. The van der Waals surface area contributed by atoms with E-state index in [-0.39, 0.29) is 13.1 Å². The van der Waals surface area contributed by atoms with Gasteiger partial charge >= 0.3 is 12.1 Å². The Bertz CT molecular complexity index is 936. The Labute approximate surface area is 218 Å². The summed E-state index contributed by atoms with van der Waals surface area (Å²) in [5, 5.41) is 5.22. The third-order valence-corrected chi connectivity index (χ3v) is 5.58. The molecule has 0 aliphatic carbocycles. The van der Waals surface area contributed by atoms with Crippen molar-refractivity contribution in [3.8, 4) is 12.3 Å². The molecule has 0 heterocycles. The monoisotopic (exact) mass is 519 g/mol. The quantitative estimate of drug-likeness (QED) is 0.322. The molecule has 0 bridgehead atoms. The number of carbonyl (C=O) groups is 4. The van der Waals surface area contributed by atoms with Crippen molar-refractivity contribution < 1.29 is 28.7 Å². The van der Waals surface area contributed by atoms with Crippen LogP contribution in [0.15, 0.2) is 24.3 Å². The zero-order valence-corrected chi connectivity index (χ0v) is 22.7. The van der Waals surface area contributed by atoms with Crippen molar-refractivity contribution in [2.45, 2.75) is 58.2 Å². The van der Waals surface area contributed by atoms with E-state index >= 15 is 0 Å². The minimum Gasteiger partial charge on any atom is -0.468 e. The number of benzene rings is 1. The second-order valence-electron chi connectivity index (χ2n) is 8.97. The second kappa shape index (κ2) is 15.0. The largest absolute Gasteiger partial charge is 0.468 e. The number of methoxy groups -OCH3 is 1. The van der Waals surface area contributed by atoms with Gasteiger partial charge in [-0.3, -0.25) is 14.4 Å². The summed E-state index contributed by atoms with van der Waals surface area (Å²) in [6.45, 7) is 6.96. The van der Waals surface area contributed by atoms with Gasteiger partial charge in [0, 0.05) is 12.1 Å². The molecule has 0 aliphatic rings. The second-order valence-corrected chi connectivity index (χ2v) is 9.96. The van der Waals surface area contributed by atoms with Gasteiger partial charge in [0.1, 0.15) is 24.2 Å². The minimum atomic E-state index is -1.06. The van der Waals surface area contributed by atoms with Crippen molar-refractivity contribution in [1.29, 1.82) is 0 Å². The first-order valence-corrected chi connectivity index (χ1v) is 13.1. The predicted molar refractivity (Wildman–Crippen MR) is 140 cm³/mol. The van der Waals surface area contributed by atoms with Crippen LogP contribution in [0.3, 0.4) is 0 Å². The molecule has 2 N–H and O–H groups in total. The van der Waals surface area contributed by atoms with Crippen LogP contribution in [0.25, 0.3) is 0 Å². The Kier molecular flexibility index (Phi) is 12.9. The van der Waals surface area contributed by atoms with Crippen molar-refractivity contribution in [1.82, 2.24) is 15.5 Å². The minimum absolute atomic E-state index is 0.234. The summed E-state index contributed by atoms with van der Waals surface area (Å²) in [5.74, 6) is 1.51. The molecule has 3 amide bonds. The molecule has 0 aromatic heterocycles. The van der Waals surface area contributed by atoms with Gasteiger partial charge in [0.05, 0.1) is 7.11 Å². The van der Waals surface area contributed by atoms with Crippen molar-refractivity contribution in [2.24, 2.45) is 0 Å². The maximum absolute atomic E-state index is 13.8. The number of ether oxygens (including phenoxy) is 2. The molecule has 0 fully saturated rings. The average molecular weight is 520 g/mol. The van der Waals surface area contributed by atoms with Crippen molar-refractivity contribution in [3.05, 3.63) is 35.4 Å². The Morgan fingerprint density at radius 2 is 1.81 bits per heavy atom. The van der Waals surface area contributed by atoms with Crippen LogP contribution in [0, 0.1) is 12.3 Å². The average Bonchev–Trinajstić information content (AvgIpc) is 2.83. The molecule has 10 heteroatoms. The zero-order valence-electron chi connectivity index (χ0n) is 21.9. The summed E-state index contributed by atoms with van der Waals surface area (Å²) in [6.07, 6.45) is 7.54. The lowest BCUT2D eigenvalue weighted by Gasteiger charge is -2.34. The fourth-order valence-corrected chi connectivity index (χ4v) is 3.78. The van der Waals surface area contributed by atoms with E-state index in [4.69, 9.17) is 11.2 Å². The number of terminal acetylenes is 1. The number of carbonyl (C=O) groups excluding carboxylic acids is 4. The number of esters is 1. The maximum atomic E-state index is 13.8. The number of alkyl carbamates (subject to hydrolysis) is 1. The summed E-state index contributed by atoms with van der Waals surface area (Å²) < 4.78 is 9.97. The SMILES string of the molecule is C#Cc1ccc(C(C(=O)NCC(=O)OC)N(CCC)C(=O)C(CCSC)NC(=O)OC(C)(C)C)cc1. The lowest BCUT2D eigenvalue weighted by atomic mass is 10.0. The van der Waals surface area contributed by atoms with Crippen LogP contribution in [0.1, 0.15) is 57.7 Å². The van der Waals surface area contributed by atoms with Crippen LogP contribution in [-0.4, -0.2) is 72.6 Å². The molecular formula is C26H37N3O6S. The fraction of sp³-hybridized carbons (Fsp3) is 0.538. The predicted octanol–water partition coefficient (Wildman–Crippen LogP) is 2.88. The van der Waals surface area contributed by atoms with E-state index in [1.807, 2.05) is 13.2 Å². The number of hydrogen-bond acceptors (Lipinski definition) is 7. The normalized spacial score (nSPS) is 12.5. The van der Waals surface area contributed by atoms with E-state index in [2.05, 4.69) is 21.3 Å². The van der Waals surface area contributed by atoms with Gasteiger partial charge in [-0.1, -0.05) is 25.0 Å². The van der Waals surface area contributed by atoms with E-state index < -0.39 is 41.6 Å². The fourth-order valence-electron chi connectivity index (χ4n) is 3.31. The summed E-state index contributed by atoms with van der Waals surface area (Å²) in [6, 6.07) is 4.71. The third kappa shape index (κ3) is 10.2. The summed E-state index contributed by atoms with van der Waals surface area (Å²) in [5.41, 5.74) is 0.388. The van der Waals surface area contributed by atoms with Gasteiger partial charge < -0.3 is 25.0 Å². The molecule has 198 valence electrons. The number of nitrogens with zero attached hydrogens (tertiary/aromatic N) is 1. The Hall–Kier alpha value is -3.19. The van der Waals surface area contributed by atoms with Crippen LogP contribution >= 0.6 is 11.8 Å². The number of rotatable bonds is 12. The lowest BCUT2D eigenvalue weighted by Crippen LogP contribution is -2.53. The highest BCUT2D eigenvalue weighted by atomic mass is 32.2. The highest BCUT2D eigenvalue weighted by Gasteiger charge is 2.35. The van der Waals surface area contributed by atoms with E-state index in [1.165, 1.54) is 23.8 Å². The highest BCUT2D eigenvalue weighted by Crippen LogP contribution is 2.24. The van der Waals surface area contributed by atoms with Gasteiger partial charge in [0.25, 0.3) is 0 Å². The molecule has 0 saturated heterocycles. The van der Waals surface area contributed by atoms with Gasteiger partial charge in [-0.2, -0.15) is 11.8 Å². The van der Waals surface area contributed by atoms with Crippen molar-refractivity contribution in [3.63, 3.8) is 0 Å². The van der Waals surface area contributed by atoms with E-state index in [0.717, 1.165) is 0 Å². The summed E-state index contributed by atoms with van der Waals surface area (Å²) >= 11 is 1.53. The molecular weight excluding hydrogens is 482 g/mol. The molecule has 0 saturated carbocycles. The van der Waals surface area contributed by atoms with Gasteiger partial charge in [-0.25, -0.2) is 4.79 Å². The van der Waals surface area contributed by atoms with E-state index in [0.29, 0.717) is 29.7 Å². The molecule has 1 rings (SSSR count). The Balaban J connectivity index is 3.40. The first kappa shape index (κ1) is 30.8. The standard InChI is InChI=1S/C26H37N3O6S/c1-8-15-29(24(32)20(14-16-36-7)28-25(33)35-26(3,4)5)22(23(31)27-17-21(30)34-6)19-12-10-18(9-2)11-13-19/h2,10-13,20,22H,8,14-17H2,1,3-7H3,(H,27,31)(H,28,33). The van der Waals surface area contributed by atoms with Crippen LogP contribution in [0.4, 0.5) is 4.79 Å². The molecule has 2 unspecified atom stereocenters. The van der Waals surface area contributed by atoms with Gasteiger partial charge in [0.15, 0.2) is 0 Å². The molecule has 1 aromatic carbocycles. The number of hydrogen-bond donors (Lipinski definition) is 2. The third-order valence-electron chi connectivity index (χ3n) is 4.94. The van der Waals surface area contributed by atoms with Crippen LogP contribution in [0.5, 0.6) is 0 Å². The van der Waals surface area contributed by atoms with Crippen molar-refractivity contribution in [2.75, 3.05) is 32.2 Å². The molecule has 2 atom stereocenters. The first-order valence-electron chi connectivity index (χ1n) is 11.7. The molecule has 0 radical (unpaired) electrons. The number of nitrogens with one attached hydrogen (secondary N) is 2. The first-order chi connectivity index (χ1) is 17.0. The Morgan fingerprint density at radius 1 is 1.17 bits per heavy atom. The topological polar surface area (TPSA) is 114 Å². The van der Waals surface area contributed by atoms with Crippen LogP contribution in [0.2, 0.25) is 0 Å². The van der Waals surface area contributed by atoms with Gasteiger partial charge in [0.2, 0.25) is 11.8 Å². The van der Waals surface area contributed by atoms with Crippen LogP contribution < -0.4 is 10.6 Å². The zero-order chi connectivity index (χ0) is 27.3. The summed E-state index contributed by atoms with van der Waals surface area (Å²) in [4.78, 5) is 52.7. The molecule has 0 spiro atoms. The lowest BCUT2D eigenvalue weighted by molar-refractivity contribution is -0.144. The number of amides is 3.